The zero-order chi connectivity index (χ0) is 28.3. The number of carbonyl (C=O) groups excluding carboxylic acids is 2. The summed E-state index contributed by atoms with van der Waals surface area (Å²) in [5.74, 6) is 0.719. The molecule has 0 aromatic heterocycles. The molecule has 0 radical (unpaired) electrons. The van der Waals surface area contributed by atoms with E-state index in [0.29, 0.717) is 25.9 Å². The molecule has 8 heteroatoms. The number of rotatable bonds is 11. The lowest BCUT2D eigenvalue weighted by Gasteiger charge is -2.29. The van der Waals surface area contributed by atoms with Gasteiger partial charge in [0.1, 0.15) is 25.8 Å². The minimum Gasteiger partial charge on any atom is -0.497 e. The van der Waals surface area contributed by atoms with Crippen LogP contribution < -0.4 is 15.5 Å². The summed E-state index contributed by atoms with van der Waals surface area (Å²) in [4.78, 5) is 27.6. The molecule has 0 aliphatic carbocycles. The molecule has 0 unspecified atom stereocenters. The smallest absolute Gasteiger partial charge is 0.410 e. The molecule has 0 heterocycles. The predicted molar refractivity (Wildman–Crippen MR) is 156 cm³/mol. The standard InChI is InChI=1S/C31H39BN2O5/c1-31(2,3)39-30(36)34(21-25-13-9-15-28(20-25)37-4)17-16-27(19-24-12-8-14-26(32)18-24)33-29(35)38-22-23-10-6-5-7-11-23/h5-15,18,20,27H,16-17,19,21-22,32H2,1-4H3,(H,33,35)/t27-/m1/s1. The molecule has 1 N–H and O–H groups in total. The quantitative estimate of drug-likeness (QED) is 0.366. The van der Waals surface area contributed by atoms with E-state index in [2.05, 4.69) is 11.4 Å². The van der Waals surface area contributed by atoms with Gasteiger partial charge in [0.15, 0.2) is 0 Å². The molecule has 1 atom stereocenters. The van der Waals surface area contributed by atoms with Crippen molar-refractivity contribution in [1.29, 1.82) is 0 Å². The number of hydrogen-bond donors (Lipinski definition) is 1. The lowest BCUT2D eigenvalue weighted by Crippen LogP contribution is -2.42. The molecule has 0 aliphatic heterocycles. The summed E-state index contributed by atoms with van der Waals surface area (Å²) in [6.45, 7) is 6.45. The van der Waals surface area contributed by atoms with E-state index in [0.717, 1.165) is 27.9 Å². The van der Waals surface area contributed by atoms with Crippen LogP contribution in [0.15, 0.2) is 78.9 Å². The molecule has 0 spiro atoms. The van der Waals surface area contributed by atoms with E-state index in [4.69, 9.17) is 14.2 Å². The van der Waals surface area contributed by atoms with Gasteiger partial charge in [-0.15, -0.1) is 0 Å². The van der Waals surface area contributed by atoms with Crippen LogP contribution in [0.4, 0.5) is 9.59 Å². The highest BCUT2D eigenvalue weighted by Crippen LogP contribution is 2.18. The van der Waals surface area contributed by atoms with Crippen molar-refractivity contribution < 1.29 is 23.8 Å². The van der Waals surface area contributed by atoms with Crippen molar-refractivity contribution in [3.05, 3.63) is 95.6 Å². The van der Waals surface area contributed by atoms with Crippen molar-refractivity contribution in [2.24, 2.45) is 0 Å². The number of benzene rings is 3. The van der Waals surface area contributed by atoms with Crippen LogP contribution >= 0.6 is 0 Å². The van der Waals surface area contributed by atoms with Crippen molar-refractivity contribution >= 4 is 25.5 Å². The van der Waals surface area contributed by atoms with E-state index >= 15 is 0 Å². The molecule has 0 bridgehead atoms. The van der Waals surface area contributed by atoms with Gasteiger partial charge in [-0.05, 0) is 62.4 Å². The number of alkyl carbamates (subject to hydrolysis) is 1. The second kappa shape index (κ2) is 14.3. The Bertz CT molecular complexity index is 1210. The predicted octanol–water partition coefficient (Wildman–Crippen LogP) is 4.62. The van der Waals surface area contributed by atoms with Gasteiger partial charge in [-0.25, -0.2) is 9.59 Å². The molecular weight excluding hydrogens is 491 g/mol. The minimum absolute atomic E-state index is 0.184. The van der Waals surface area contributed by atoms with Gasteiger partial charge in [0.25, 0.3) is 0 Å². The van der Waals surface area contributed by atoms with Gasteiger partial charge in [-0.2, -0.15) is 0 Å². The third-order valence-corrected chi connectivity index (χ3v) is 6.01. The Morgan fingerprint density at radius 1 is 0.923 bits per heavy atom. The first-order valence-electron chi connectivity index (χ1n) is 13.2. The monoisotopic (exact) mass is 530 g/mol. The lowest BCUT2D eigenvalue weighted by molar-refractivity contribution is 0.0226. The minimum atomic E-state index is -0.635. The van der Waals surface area contributed by atoms with Crippen LogP contribution in [0, 0.1) is 0 Å². The van der Waals surface area contributed by atoms with Crippen molar-refractivity contribution in [2.45, 2.75) is 58.4 Å². The number of amides is 2. The molecule has 7 nitrogen and oxygen atoms in total. The molecule has 0 saturated carbocycles. The van der Waals surface area contributed by atoms with Crippen molar-refractivity contribution in [3.8, 4) is 5.75 Å². The lowest BCUT2D eigenvalue weighted by atomic mass is 9.92. The summed E-state index contributed by atoms with van der Waals surface area (Å²) in [6, 6.07) is 25.1. The van der Waals surface area contributed by atoms with E-state index in [9.17, 15) is 9.59 Å². The fourth-order valence-electron chi connectivity index (χ4n) is 4.14. The SMILES string of the molecule is Bc1cccc(C[C@@H](CCN(Cc2cccc(OC)c2)C(=O)OC(C)(C)C)NC(=O)OCc2ccccc2)c1. The molecule has 3 aromatic carbocycles. The molecule has 3 aromatic rings. The van der Waals surface area contributed by atoms with E-state index in [1.807, 2.05) is 101 Å². The molecule has 0 aliphatic rings. The van der Waals surface area contributed by atoms with E-state index in [-0.39, 0.29) is 12.6 Å². The van der Waals surface area contributed by atoms with Crippen LogP contribution in [0.1, 0.15) is 43.9 Å². The number of methoxy groups -OCH3 is 1. The highest BCUT2D eigenvalue weighted by molar-refractivity contribution is 6.32. The Labute approximate surface area is 232 Å². The largest absolute Gasteiger partial charge is 0.497 e. The van der Waals surface area contributed by atoms with Crippen molar-refractivity contribution in [2.75, 3.05) is 13.7 Å². The Kier molecular flexibility index (Phi) is 10.8. The Morgan fingerprint density at radius 2 is 1.62 bits per heavy atom. The number of carbonyl (C=O) groups is 2. The van der Waals surface area contributed by atoms with Gasteiger partial charge in [0.2, 0.25) is 0 Å². The molecule has 2 amide bonds. The summed E-state index contributed by atoms with van der Waals surface area (Å²) >= 11 is 0. The Morgan fingerprint density at radius 3 is 2.31 bits per heavy atom. The van der Waals surface area contributed by atoms with Gasteiger partial charge in [-0.1, -0.05) is 72.2 Å². The molecule has 39 heavy (non-hydrogen) atoms. The Hall–Kier alpha value is -3.94. The van der Waals surface area contributed by atoms with Crippen LogP contribution in [0.3, 0.4) is 0 Å². The van der Waals surface area contributed by atoms with E-state index in [1.54, 1.807) is 12.0 Å². The zero-order valence-corrected chi connectivity index (χ0v) is 23.6. The number of nitrogens with one attached hydrogen (secondary N) is 1. The van der Waals surface area contributed by atoms with E-state index in [1.165, 1.54) is 0 Å². The highest BCUT2D eigenvalue weighted by Gasteiger charge is 2.24. The molecule has 3 rings (SSSR count). The van der Waals surface area contributed by atoms with E-state index < -0.39 is 17.8 Å². The van der Waals surface area contributed by atoms with Gasteiger partial charge < -0.3 is 24.4 Å². The fraction of sp³-hybridized carbons (Fsp3) is 0.355. The van der Waals surface area contributed by atoms with Crippen molar-refractivity contribution in [3.63, 3.8) is 0 Å². The maximum Gasteiger partial charge on any atom is 0.410 e. The Balaban J connectivity index is 1.74. The summed E-state index contributed by atoms with van der Waals surface area (Å²) in [7, 11) is 3.65. The summed E-state index contributed by atoms with van der Waals surface area (Å²) < 4.78 is 16.6. The first-order valence-corrected chi connectivity index (χ1v) is 13.2. The highest BCUT2D eigenvalue weighted by atomic mass is 16.6. The second-order valence-electron chi connectivity index (χ2n) is 10.6. The molecule has 0 saturated heterocycles. The molecular formula is C31H39BN2O5. The van der Waals surface area contributed by atoms with Crippen LogP contribution in [-0.2, 0) is 29.0 Å². The summed E-state index contributed by atoms with van der Waals surface area (Å²) in [6.07, 6.45) is 0.209. The number of nitrogens with zero attached hydrogens (tertiary/aromatic N) is 1. The summed E-state index contributed by atoms with van der Waals surface area (Å²) in [5, 5.41) is 3.02. The van der Waals surface area contributed by atoms with Crippen LogP contribution in [0.25, 0.3) is 0 Å². The van der Waals surface area contributed by atoms with Crippen LogP contribution in [0.5, 0.6) is 5.75 Å². The topological polar surface area (TPSA) is 77.1 Å². The zero-order valence-electron chi connectivity index (χ0n) is 23.6. The third-order valence-electron chi connectivity index (χ3n) is 6.01. The maximum atomic E-state index is 13.2. The number of ether oxygens (including phenoxy) is 3. The number of hydrogen-bond acceptors (Lipinski definition) is 5. The first-order chi connectivity index (χ1) is 18.6. The average molecular weight is 530 g/mol. The van der Waals surface area contributed by atoms with Crippen LogP contribution in [0.2, 0.25) is 0 Å². The first kappa shape index (κ1) is 29.6. The maximum absolute atomic E-state index is 13.2. The van der Waals surface area contributed by atoms with Gasteiger partial charge in [-0.3, -0.25) is 0 Å². The van der Waals surface area contributed by atoms with Crippen molar-refractivity contribution in [1.82, 2.24) is 10.2 Å². The average Bonchev–Trinajstić information content (AvgIpc) is 2.89. The normalized spacial score (nSPS) is 11.8. The van der Waals surface area contributed by atoms with Crippen LogP contribution in [-0.4, -0.2) is 50.2 Å². The fourth-order valence-corrected chi connectivity index (χ4v) is 4.14. The second-order valence-corrected chi connectivity index (χ2v) is 10.6. The summed E-state index contributed by atoms with van der Waals surface area (Å²) in [5.41, 5.74) is 3.44. The molecule has 206 valence electrons. The van der Waals surface area contributed by atoms with Gasteiger partial charge >= 0.3 is 12.2 Å². The molecule has 0 fully saturated rings. The van der Waals surface area contributed by atoms with Gasteiger partial charge in [0.05, 0.1) is 7.11 Å². The third kappa shape index (κ3) is 10.8. The van der Waals surface area contributed by atoms with Gasteiger partial charge in [0, 0.05) is 19.1 Å².